The molecule has 12 heavy (non-hydrogen) atoms. The van der Waals surface area contributed by atoms with Crippen LogP contribution in [0.5, 0.6) is 0 Å². The molecule has 62 valence electrons. The largest absolute Gasteiger partial charge is 0.337 e. The first-order valence-corrected chi connectivity index (χ1v) is 3.46. The SMILES string of the molecule is Cn1ccc2c(=O)[nH]c(=O)[nH]c21. The van der Waals surface area contributed by atoms with Crippen LogP contribution in [0.4, 0.5) is 0 Å². The summed E-state index contributed by atoms with van der Waals surface area (Å²) in [5, 5.41) is 0.497. The molecule has 0 bridgehead atoms. The molecule has 2 N–H and O–H groups in total. The number of hydrogen-bond acceptors (Lipinski definition) is 2. The van der Waals surface area contributed by atoms with Crippen LogP contribution in [0, 0.1) is 0 Å². The minimum absolute atomic E-state index is 0.352. The van der Waals surface area contributed by atoms with E-state index in [2.05, 4.69) is 9.97 Å². The normalized spacial score (nSPS) is 10.8. The summed E-state index contributed by atoms with van der Waals surface area (Å²) in [6.07, 6.45) is 1.72. The molecular formula is C7H7N3O2. The second-order valence-electron chi connectivity index (χ2n) is 2.60. The average Bonchev–Trinajstić information content (AvgIpc) is 2.33. The van der Waals surface area contributed by atoms with E-state index in [0.29, 0.717) is 11.0 Å². The molecule has 5 heteroatoms. The van der Waals surface area contributed by atoms with E-state index in [-0.39, 0.29) is 5.56 Å². The highest BCUT2D eigenvalue weighted by Gasteiger charge is 2.01. The lowest BCUT2D eigenvalue weighted by atomic mass is 10.4. The zero-order valence-electron chi connectivity index (χ0n) is 6.42. The Hall–Kier alpha value is -1.78. The number of nitrogens with zero attached hydrogens (tertiary/aromatic N) is 1. The fraction of sp³-hybridized carbons (Fsp3) is 0.143. The Kier molecular flexibility index (Phi) is 1.21. The first-order valence-electron chi connectivity index (χ1n) is 3.46. The fourth-order valence-corrected chi connectivity index (χ4v) is 1.18. The Bertz CT molecular complexity index is 531. The summed E-state index contributed by atoms with van der Waals surface area (Å²) in [5.74, 6) is 0. The molecule has 0 aliphatic carbocycles. The predicted octanol–water partition coefficient (Wildman–Crippen LogP) is -0.445. The van der Waals surface area contributed by atoms with E-state index >= 15 is 0 Å². The molecule has 0 saturated carbocycles. The van der Waals surface area contributed by atoms with Gasteiger partial charge in [0.1, 0.15) is 5.65 Å². The monoisotopic (exact) mass is 165 g/mol. The molecule has 0 saturated heterocycles. The zero-order chi connectivity index (χ0) is 8.72. The van der Waals surface area contributed by atoms with Gasteiger partial charge >= 0.3 is 5.69 Å². The smallest absolute Gasteiger partial charge is 0.327 e. The van der Waals surface area contributed by atoms with Crippen LogP contribution in [0.15, 0.2) is 21.9 Å². The molecule has 2 rings (SSSR count). The van der Waals surface area contributed by atoms with Gasteiger partial charge in [0.15, 0.2) is 0 Å². The molecule has 2 heterocycles. The highest BCUT2D eigenvalue weighted by molar-refractivity contribution is 5.74. The molecule has 0 radical (unpaired) electrons. The Morgan fingerprint density at radius 3 is 2.83 bits per heavy atom. The maximum Gasteiger partial charge on any atom is 0.327 e. The van der Waals surface area contributed by atoms with Gasteiger partial charge in [-0.1, -0.05) is 0 Å². The lowest BCUT2D eigenvalue weighted by Gasteiger charge is -1.92. The van der Waals surface area contributed by atoms with Crippen LogP contribution in [0.3, 0.4) is 0 Å². The summed E-state index contributed by atoms with van der Waals surface area (Å²) in [7, 11) is 1.76. The van der Waals surface area contributed by atoms with Crippen molar-refractivity contribution in [2.75, 3.05) is 0 Å². The van der Waals surface area contributed by atoms with Crippen molar-refractivity contribution in [3.8, 4) is 0 Å². The van der Waals surface area contributed by atoms with Gasteiger partial charge in [0.25, 0.3) is 5.56 Å². The van der Waals surface area contributed by atoms with Crippen LogP contribution >= 0.6 is 0 Å². The van der Waals surface area contributed by atoms with Crippen molar-refractivity contribution in [1.29, 1.82) is 0 Å². The van der Waals surface area contributed by atoms with Gasteiger partial charge in [0.2, 0.25) is 0 Å². The quantitative estimate of drug-likeness (QED) is 0.555. The summed E-state index contributed by atoms with van der Waals surface area (Å²) >= 11 is 0. The van der Waals surface area contributed by atoms with Gasteiger partial charge in [-0.05, 0) is 6.07 Å². The number of aromatic nitrogens is 3. The second kappa shape index (κ2) is 2.10. The Labute approximate surface area is 66.7 Å². The van der Waals surface area contributed by atoms with Crippen molar-refractivity contribution in [2.45, 2.75) is 0 Å². The molecule has 0 spiro atoms. The Morgan fingerprint density at radius 2 is 2.08 bits per heavy atom. The van der Waals surface area contributed by atoms with E-state index in [4.69, 9.17) is 0 Å². The molecule has 0 amide bonds. The van der Waals surface area contributed by atoms with Gasteiger partial charge in [0, 0.05) is 13.2 Å². The van der Waals surface area contributed by atoms with Gasteiger partial charge in [-0.15, -0.1) is 0 Å². The minimum atomic E-state index is -0.477. The van der Waals surface area contributed by atoms with Gasteiger partial charge in [-0.25, -0.2) is 4.79 Å². The first kappa shape index (κ1) is 6.90. The molecule has 0 atom stereocenters. The van der Waals surface area contributed by atoms with Crippen LogP contribution in [0.25, 0.3) is 11.0 Å². The number of H-pyrrole nitrogens is 2. The van der Waals surface area contributed by atoms with Crippen LogP contribution in [0.2, 0.25) is 0 Å². The molecule has 0 fully saturated rings. The molecule has 0 aliphatic heterocycles. The fourth-order valence-electron chi connectivity index (χ4n) is 1.18. The van der Waals surface area contributed by atoms with Gasteiger partial charge in [-0.3, -0.25) is 14.8 Å². The van der Waals surface area contributed by atoms with Crippen molar-refractivity contribution in [3.63, 3.8) is 0 Å². The summed E-state index contributed by atoms with van der Waals surface area (Å²) in [5.41, 5.74) is -0.285. The number of fused-ring (bicyclic) bond motifs is 1. The van der Waals surface area contributed by atoms with Crippen LogP contribution < -0.4 is 11.2 Å². The minimum Gasteiger partial charge on any atom is -0.337 e. The second-order valence-corrected chi connectivity index (χ2v) is 2.60. The summed E-state index contributed by atoms with van der Waals surface area (Å²) in [6.45, 7) is 0. The molecule has 0 unspecified atom stereocenters. The predicted molar refractivity (Wildman–Crippen MR) is 44.2 cm³/mol. The lowest BCUT2D eigenvalue weighted by Crippen LogP contribution is -2.21. The summed E-state index contributed by atoms with van der Waals surface area (Å²) < 4.78 is 1.69. The van der Waals surface area contributed by atoms with Crippen molar-refractivity contribution in [2.24, 2.45) is 7.05 Å². The molecule has 0 aromatic carbocycles. The first-order chi connectivity index (χ1) is 5.68. The van der Waals surface area contributed by atoms with Gasteiger partial charge in [0.05, 0.1) is 5.39 Å². The average molecular weight is 165 g/mol. The molecule has 2 aromatic heterocycles. The van der Waals surface area contributed by atoms with Gasteiger partial charge in [-0.2, -0.15) is 0 Å². The summed E-state index contributed by atoms with van der Waals surface area (Å²) in [4.78, 5) is 26.6. The topological polar surface area (TPSA) is 70.7 Å². The molecule has 0 aliphatic rings. The molecule has 2 aromatic rings. The van der Waals surface area contributed by atoms with Crippen molar-refractivity contribution in [3.05, 3.63) is 33.1 Å². The lowest BCUT2D eigenvalue weighted by molar-refractivity contribution is 0.930. The van der Waals surface area contributed by atoms with Crippen molar-refractivity contribution >= 4 is 11.0 Å². The Balaban J connectivity index is 3.13. The van der Waals surface area contributed by atoms with E-state index in [1.165, 1.54) is 0 Å². The highest BCUT2D eigenvalue weighted by Crippen LogP contribution is 2.02. The standard InChI is InChI=1S/C7H7N3O2/c1-10-3-2-4-5(10)8-7(12)9-6(4)11/h2-3H,1H3,(H2,8,9,11,12). The third kappa shape index (κ3) is 0.795. The van der Waals surface area contributed by atoms with Crippen LogP contribution in [-0.4, -0.2) is 14.5 Å². The van der Waals surface area contributed by atoms with Gasteiger partial charge < -0.3 is 4.57 Å². The zero-order valence-corrected chi connectivity index (χ0v) is 6.42. The number of hydrogen-bond donors (Lipinski definition) is 2. The molecular weight excluding hydrogens is 158 g/mol. The van der Waals surface area contributed by atoms with E-state index in [1.807, 2.05) is 0 Å². The van der Waals surface area contributed by atoms with E-state index < -0.39 is 5.69 Å². The number of aryl methyl sites for hydroxylation is 1. The van der Waals surface area contributed by atoms with Crippen LogP contribution in [-0.2, 0) is 7.05 Å². The number of rotatable bonds is 0. The Morgan fingerprint density at radius 1 is 1.33 bits per heavy atom. The van der Waals surface area contributed by atoms with Crippen molar-refractivity contribution < 1.29 is 0 Å². The van der Waals surface area contributed by atoms with E-state index in [9.17, 15) is 9.59 Å². The van der Waals surface area contributed by atoms with Crippen LogP contribution in [0.1, 0.15) is 0 Å². The third-order valence-electron chi connectivity index (χ3n) is 1.78. The number of nitrogens with one attached hydrogen (secondary N) is 2. The van der Waals surface area contributed by atoms with E-state index in [0.717, 1.165) is 0 Å². The maximum absolute atomic E-state index is 11.1. The molecule has 5 nitrogen and oxygen atoms in total. The van der Waals surface area contributed by atoms with E-state index in [1.54, 1.807) is 23.9 Å². The highest BCUT2D eigenvalue weighted by atomic mass is 16.2. The number of aromatic amines is 2. The summed E-state index contributed by atoms with van der Waals surface area (Å²) in [6, 6.07) is 1.66. The van der Waals surface area contributed by atoms with Crippen molar-refractivity contribution in [1.82, 2.24) is 14.5 Å². The maximum atomic E-state index is 11.1. The third-order valence-corrected chi connectivity index (χ3v) is 1.78.